The van der Waals surface area contributed by atoms with E-state index in [0.29, 0.717) is 5.75 Å². The molecular weight excluding hydrogens is 366 g/mol. The SMILES string of the molecule is O=C(COc1ccc2cc(Br)ccc2c1)c1ccc(F)c(F)c1. The summed E-state index contributed by atoms with van der Waals surface area (Å²) in [7, 11) is 0. The number of ketones is 1. The molecule has 0 radical (unpaired) electrons. The molecule has 23 heavy (non-hydrogen) atoms. The molecule has 0 heterocycles. The van der Waals surface area contributed by atoms with Crippen molar-refractivity contribution >= 4 is 32.5 Å². The number of fused-ring (bicyclic) bond motifs is 1. The molecule has 0 bridgehead atoms. The lowest BCUT2D eigenvalue weighted by atomic mass is 10.1. The van der Waals surface area contributed by atoms with E-state index in [-0.39, 0.29) is 12.2 Å². The Labute approximate surface area is 139 Å². The van der Waals surface area contributed by atoms with E-state index in [0.717, 1.165) is 27.4 Å². The number of rotatable bonds is 4. The van der Waals surface area contributed by atoms with Crippen molar-refractivity contribution in [3.8, 4) is 5.75 Å². The van der Waals surface area contributed by atoms with Crippen molar-refractivity contribution in [3.63, 3.8) is 0 Å². The van der Waals surface area contributed by atoms with Gasteiger partial charge in [-0.2, -0.15) is 0 Å². The van der Waals surface area contributed by atoms with Crippen LogP contribution >= 0.6 is 15.9 Å². The monoisotopic (exact) mass is 376 g/mol. The molecule has 0 aliphatic carbocycles. The Morgan fingerprint density at radius 2 is 1.65 bits per heavy atom. The average Bonchev–Trinajstić information content (AvgIpc) is 2.55. The van der Waals surface area contributed by atoms with Crippen LogP contribution in [-0.2, 0) is 0 Å². The highest BCUT2D eigenvalue weighted by molar-refractivity contribution is 9.10. The number of ether oxygens (including phenoxy) is 1. The molecule has 3 aromatic carbocycles. The van der Waals surface area contributed by atoms with Gasteiger partial charge in [-0.1, -0.05) is 28.1 Å². The molecule has 0 aliphatic rings. The van der Waals surface area contributed by atoms with Crippen LogP contribution in [0.2, 0.25) is 0 Å². The summed E-state index contributed by atoms with van der Waals surface area (Å²) >= 11 is 3.40. The van der Waals surface area contributed by atoms with Crippen molar-refractivity contribution < 1.29 is 18.3 Å². The number of carbonyl (C=O) groups excluding carboxylic acids is 1. The zero-order valence-electron chi connectivity index (χ0n) is 11.9. The fourth-order valence-corrected chi connectivity index (χ4v) is 2.57. The number of carbonyl (C=O) groups is 1. The maximum Gasteiger partial charge on any atom is 0.200 e. The van der Waals surface area contributed by atoms with Crippen LogP contribution < -0.4 is 4.74 Å². The first-order valence-corrected chi connectivity index (χ1v) is 7.62. The fraction of sp³-hybridized carbons (Fsp3) is 0.0556. The van der Waals surface area contributed by atoms with E-state index in [1.54, 1.807) is 6.07 Å². The molecular formula is C18H11BrF2O2. The Morgan fingerprint density at radius 3 is 2.43 bits per heavy atom. The minimum absolute atomic E-state index is 0.0774. The van der Waals surface area contributed by atoms with Crippen molar-refractivity contribution in [3.05, 3.63) is 76.3 Å². The Balaban J connectivity index is 1.73. The summed E-state index contributed by atoms with van der Waals surface area (Å²) in [6.45, 7) is -0.243. The molecule has 3 rings (SSSR count). The second-order valence-corrected chi connectivity index (χ2v) is 5.91. The van der Waals surface area contributed by atoms with Gasteiger partial charge in [-0.3, -0.25) is 4.79 Å². The molecule has 0 saturated heterocycles. The van der Waals surface area contributed by atoms with Crippen LogP contribution in [0.25, 0.3) is 10.8 Å². The van der Waals surface area contributed by atoms with Gasteiger partial charge in [0.05, 0.1) is 0 Å². The van der Waals surface area contributed by atoms with Gasteiger partial charge in [0.1, 0.15) is 5.75 Å². The van der Waals surface area contributed by atoms with Crippen LogP contribution in [-0.4, -0.2) is 12.4 Å². The molecule has 3 aromatic rings. The minimum atomic E-state index is -1.05. The van der Waals surface area contributed by atoms with Crippen molar-refractivity contribution in [2.45, 2.75) is 0 Å². The Bertz CT molecular complexity index is 893. The molecule has 0 N–H and O–H groups in total. The van der Waals surface area contributed by atoms with Crippen LogP contribution in [0.3, 0.4) is 0 Å². The van der Waals surface area contributed by atoms with E-state index in [4.69, 9.17) is 4.74 Å². The summed E-state index contributed by atoms with van der Waals surface area (Å²) in [5, 5.41) is 2.02. The molecule has 0 spiro atoms. The van der Waals surface area contributed by atoms with Gasteiger partial charge in [0.25, 0.3) is 0 Å². The molecule has 0 saturated carbocycles. The molecule has 0 amide bonds. The smallest absolute Gasteiger partial charge is 0.200 e. The van der Waals surface area contributed by atoms with Crippen molar-refractivity contribution in [1.29, 1.82) is 0 Å². The standard InChI is InChI=1S/C18H11BrF2O2/c19-14-4-1-12-8-15(5-2-11(12)7-14)23-10-18(22)13-3-6-16(20)17(21)9-13/h1-9H,10H2. The van der Waals surface area contributed by atoms with Crippen molar-refractivity contribution in [2.24, 2.45) is 0 Å². The summed E-state index contributed by atoms with van der Waals surface area (Å²) in [4.78, 5) is 12.0. The van der Waals surface area contributed by atoms with Crippen LogP contribution in [0, 0.1) is 11.6 Å². The lowest BCUT2D eigenvalue weighted by Gasteiger charge is -2.07. The minimum Gasteiger partial charge on any atom is -0.485 e. The predicted octanol–water partition coefficient (Wildman–Crippen LogP) is 5.14. The van der Waals surface area contributed by atoms with Gasteiger partial charge in [-0.25, -0.2) is 8.78 Å². The molecule has 116 valence electrons. The molecule has 5 heteroatoms. The Morgan fingerprint density at radius 1 is 0.913 bits per heavy atom. The van der Waals surface area contributed by atoms with Gasteiger partial charge in [0.15, 0.2) is 24.0 Å². The maximum absolute atomic E-state index is 13.1. The lowest BCUT2D eigenvalue weighted by Crippen LogP contribution is -2.12. The summed E-state index contributed by atoms with van der Waals surface area (Å²) in [5.41, 5.74) is 0.0774. The third-order valence-electron chi connectivity index (χ3n) is 3.39. The first kappa shape index (κ1) is 15.6. The van der Waals surface area contributed by atoms with E-state index in [9.17, 15) is 13.6 Å². The fourth-order valence-electron chi connectivity index (χ4n) is 2.19. The third-order valence-corrected chi connectivity index (χ3v) is 3.88. The van der Waals surface area contributed by atoms with Gasteiger partial charge < -0.3 is 4.74 Å². The van der Waals surface area contributed by atoms with Crippen LogP contribution in [0.5, 0.6) is 5.75 Å². The normalized spacial score (nSPS) is 10.7. The second kappa shape index (κ2) is 6.46. The van der Waals surface area contributed by atoms with Crippen molar-refractivity contribution in [2.75, 3.05) is 6.61 Å². The largest absolute Gasteiger partial charge is 0.485 e. The van der Waals surface area contributed by atoms with Crippen LogP contribution in [0.4, 0.5) is 8.78 Å². The molecule has 0 atom stereocenters. The topological polar surface area (TPSA) is 26.3 Å². The van der Waals surface area contributed by atoms with E-state index in [2.05, 4.69) is 15.9 Å². The highest BCUT2D eigenvalue weighted by atomic mass is 79.9. The summed E-state index contributed by atoms with van der Waals surface area (Å²) in [5.74, 6) is -1.91. The van der Waals surface area contributed by atoms with Gasteiger partial charge in [-0.15, -0.1) is 0 Å². The number of halogens is 3. The quantitative estimate of drug-likeness (QED) is 0.589. The lowest BCUT2D eigenvalue weighted by molar-refractivity contribution is 0.0921. The van der Waals surface area contributed by atoms with E-state index >= 15 is 0 Å². The van der Waals surface area contributed by atoms with Crippen LogP contribution in [0.1, 0.15) is 10.4 Å². The summed E-state index contributed by atoms with van der Waals surface area (Å²) in [6.07, 6.45) is 0. The van der Waals surface area contributed by atoms with Gasteiger partial charge >= 0.3 is 0 Å². The Kier molecular flexibility index (Phi) is 4.39. The first-order chi connectivity index (χ1) is 11.0. The number of Topliss-reactive ketones (excluding diaryl/α,β-unsaturated/α-hetero) is 1. The average molecular weight is 377 g/mol. The molecule has 2 nitrogen and oxygen atoms in total. The van der Waals surface area contributed by atoms with Gasteiger partial charge in [-0.05, 0) is 53.2 Å². The third kappa shape index (κ3) is 3.56. The van der Waals surface area contributed by atoms with Gasteiger partial charge in [0.2, 0.25) is 0 Å². The van der Waals surface area contributed by atoms with Crippen molar-refractivity contribution in [1.82, 2.24) is 0 Å². The molecule has 0 fully saturated rings. The van der Waals surface area contributed by atoms with Crippen LogP contribution in [0.15, 0.2) is 59.1 Å². The zero-order chi connectivity index (χ0) is 16.4. The highest BCUT2D eigenvalue weighted by Gasteiger charge is 2.10. The molecule has 0 aromatic heterocycles. The zero-order valence-corrected chi connectivity index (χ0v) is 13.4. The van der Waals surface area contributed by atoms with E-state index < -0.39 is 17.4 Å². The highest BCUT2D eigenvalue weighted by Crippen LogP contribution is 2.24. The maximum atomic E-state index is 13.1. The first-order valence-electron chi connectivity index (χ1n) is 6.83. The molecule has 0 unspecified atom stereocenters. The predicted molar refractivity (Wildman–Crippen MR) is 87.8 cm³/mol. The van der Waals surface area contributed by atoms with E-state index in [1.165, 1.54) is 6.07 Å². The molecule has 0 aliphatic heterocycles. The van der Waals surface area contributed by atoms with Gasteiger partial charge in [0, 0.05) is 10.0 Å². The number of hydrogen-bond donors (Lipinski definition) is 0. The summed E-state index contributed by atoms with van der Waals surface area (Å²) < 4.78 is 32.4. The number of benzene rings is 3. The number of hydrogen-bond acceptors (Lipinski definition) is 2. The Hall–Kier alpha value is -2.27. The van der Waals surface area contributed by atoms with E-state index in [1.807, 2.05) is 30.3 Å². The second-order valence-electron chi connectivity index (χ2n) is 4.99. The summed E-state index contributed by atoms with van der Waals surface area (Å²) in [6, 6.07) is 14.3.